The molecule has 0 unspecified atom stereocenters. The molecule has 1 atom stereocenters. The van der Waals surface area contributed by atoms with Gasteiger partial charge in [-0.1, -0.05) is 12.1 Å². The predicted molar refractivity (Wildman–Crippen MR) is 84.3 cm³/mol. The van der Waals surface area contributed by atoms with Crippen molar-refractivity contribution in [1.82, 2.24) is 15.5 Å². The SMILES string of the molecule is C[C@H](NC(=O)Nc1cn[nH]c1)c1ccc(N2CCOC2=O)cc1. The second-order valence-corrected chi connectivity index (χ2v) is 5.16. The van der Waals surface area contributed by atoms with Crippen LogP contribution in [-0.2, 0) is 4.74 Å². The molecule has 3 rings (SSSR count). The molecule has 0 spiro atoms. The number of aromatic amines is 1. The van der Waals surface area contributed by atoms with Crippen molar-refractivity contribution in [3.63, 3.8) is 0 Å². The fourth-order valence-electron chi connectivity index (χ4n) is 2.34. The first-order valence-electron chi connectivity index (χ1n) is 7.24. The molecule has 2 heterocycles. The largest absolute Gasteiger partial charge is 0.447 e. The van der Waals surface area contributed by atoms with Crippen LogP contribution in [0.25, 0.3) is 0 Å². The molecule has 2 aromatic rings. The van der Waals surface area contributed by atoms with Crippen LogP contribution in [0.5, 0.6) is 0 Å². The lowest BCUT2D eigenvalue weighted by Crippen LogP contribution is -2.31. The maximum absolute atomic E-state index is 11.9. The lowest BCUT2D eigenvalue weighted by Gasteiger charge is -2.17. The van der Waals surface area contributed by atoms with Crippen molar-refractivity contribution in [1.29, 1.82) is 0 Å². The van der Waals surface area contributed by atoms with Crippen molar-refractivity contribution in [2.24, 2.45) is 0 Å². The van der Waals surface area contributed by atoms with Gasteiger partial charge in [0, 0.05) is 11.9 Å². The summed E-state index contributed by atoms with van der Waals surface area (Å²) in [6, 6.07) is 6.95. The minimum atomic E-state index is -0.330. The second-order valence-electron chi connectivity index (χ2n) is 5.16. The number of nitrogens with one attached hydrogen (secondary N) is 3. The van der Waals surface area contributed by atoms with Gasteiger partial charge in [-0.3, -0.25) is 10.00 Å². The minimum absolute atomic E-state index is 0.179. The van der Waals surface area contributed by atoms with E-state index in [1.54, 1.807) is 11.1 Å². The van der Waals surface area contributed by atoms with Crippen molar-refractivity contribution in [3.8, 4) is 0 Å². The maximum atomic E-state index is 11.9. The highest BCUT2D eigenvalue weighted by molar-refractivity contribution is 5.90. The molecule has 1 saturated heterocycles. The summed E-state index contributed by atoms with van der Waals surface area (Å²) in [5.74, 6) is 0. The molecule has 1 aliphatic rings. The van der Waals surface area contributed by atoms with Gasteiger partial charge in [-0.15, -0.1) is 0 Å². The Kier molecular flexibility index (Phi) is 4.13. The van der Waals surface area contributed by atoms with Gasteiger partial charge in [0.25, 0.3) is 0 Å². The van der Waals surface area contributed by atoms with Gasteiger partial charge in [0.2, 0.25) is 0 Å². The number of anilines is 2. The molecule has 3 amide bonds. The van der Waals surface area contributed by atoms with E-state index in [2.05, 4.69) is 20.8 Å². The molecule has 120 valence electrons. The summed E-state index contributed by atoms with van der Waals surface area (Å²) in [6.07, 6.45) is 2.78. The smallest absolute Gasteiger partial charge is 0.414 e. The molecule has 8 heteroatoms. The van der Waals surface area contributed by atoms with Crippen LogP contribution in [0.1, 0.15) is 18.5 Å². The van der Waals surface area contributed by atoms with E-state index in [4.69, 9.17) is 4.74 Å². The van der Waals surface area contributed by atoms with E-state index in [-0.39, 0.29) is 18.2 Å². The van der Waals surface area contributed by atoms with Crippen molar-refractivity contribution in [2.45, 2.75) is 13.0 Å². The Morgan fingerprint density at radius 1 is 1.39 bits per heavy atom. The number of aromatic nitrogens is 2. The highest BCUT2D eigenvalue weighted by Gasteiger charge is 2.23. The summed E-state index contributed by atoms with van der Waals surface area (Å²) in [6.45, 7) is 2.85. The van der Waals surface area contributed by atoms with Gasteiger partial charge in [-0.05, 0) is 24.6 Å². The number of rotatable bonds is 4. The Hall–Kier alpha value is -3.03. The molecule has 1 aromatic heterocycles. The molecular formula is C15H17N5O3. The van der Waals surface area contributed by atoms with Gasteiger partial charge < -0.3 is 15.4 Å². The van der Waals surface area contributed by atoms with Crippen molar-refractivity contribution < 1.29 is 14.3 Å². The number of H-pyrrole nitrogens is 1. The third-order valence-corrected chi connectivity index (χ3v) is 3.57. The molecule has 0 saturated carbocycles. The number of hydrogen-bond donors (Lipinski definition) is 3. The Balaban J connectivity index is 1.60. The van der Waals surface area contributed by atoms with E-state index in [1.165, 1.54) is 6.20 Å². The first kappa shape index (κ1) is 14.9. The van der Waals surface area contributed by atoms with Crippen molar-refractivity contribution in [2.75, 3.05) is 23.4 Å². The number of benzene rings is 1. The first-order chi connectivity index (χ1) is 11.1. The number of ether oxygens (including phenoxy) is 1. The van der Waals surface area contributed by atoms with Gasteiger partial charge >= 0.3 is 12.1 Å². The molecule has 8 nitrogen and oxygen atoms in total. The van der Waals surface area contributed by atoms with Crippen LogP contribution in [0.15, 0.2) is 36.7 Å². The number of urea groups is 1. The summed E-state index contributed by atoms with van der Waals surface area (Å²) in [5.41, 5.74) is 2.31. The van der Waals surface area contributed by atoms with E-state index < -0.39 is 0 Å². The quantitative estimate of drug-likeness (QED) is 0.805. The van der Waals surface area contributed by atoms with E-state index in [1.807, 2.05) is 31.2 Å². The predicted octanol–water partition coefficient (Wildman–Crippen LogP) is 2.25. The van der Waals surface area contributed by atoms with Crippen LogP contribution in [0.2, 0.25) is 0 Å². The third-order valence-electron chi connectivity index (χ3n) is 3.57. The number of hydrogen-bond acceptors (Lipinski definition) is 4. The number of nitrogens with zero attached hydrogens (tertiary/aromatic N) is 2. The summed E-state index contributed by atoms with van der Waals surface area (Å²) >= 11 is 0. The Labute approximate surface area is 132 Å². The zero-order valence-electron chi connectivity index (χ0n) is 12.6. The van der Waals surface area contributed by atoms with Crippen LogP contribution in [0, 0.1) is 0 Å². The Bertz CT molecular complexity index is 684. The van der Waals surface area contributed by atoms with Gasteiger partial charge in [-0.2, -0.15) is 5.10 Å². The monoisotopic (exact) mass is 315 g/mol. The summed E-state index contributed by atoms with van der Waals surface area (Å²) in [5, 5.41) is 11.9. The highest BCUT2D eigenvalue weighted by Crippen LogP contribution is 2.21. The third kappa shape index (κ3) is 3.42. The van der Waals surface area contributed by atoms with E-state index in [0.29, 0.717) is 18.8 Å². The van der Waals surface area contributed by atoms with Crippen molar-refractivity contribution >= 4 is 23.5 Å². The van der Waals surface area contributed by atoms with Crippen LogP contribution in [0.4, 0.5) is 21.0 Å². The number of amides is 3. The zero-order valence-corrected chi connectivity index (χ0v) is 12.6. The molecule has 0 bridgehead atoms. The Morgan fingerprint density at radius 3 is 2.78 bits per heavy atom. The number of carbonyl (C=O) groups excluding carboxylic acids is 2. The second kappa shape index (κ2) is 6.39. The van der Waals surface area contributed by atoms with Gasteiger partial charge in [-0.25, -0.2) is 9.59 Å². The van der Waals surface area contributed by atoms with Crippen LogP contribution >= 0.6 is 0 Å². The molecule has 23 heavy (non-hydrogen) atoms. The van der Waals surface area contributed by atoms with E-state index in [0.717, 1.165) is 11.3 Å². The number of cyclic esters (lactones) is 1. The Morgan fingerprint density at radius 2 is 2.17 bits per heavy atom. The van der Waals surface area contributed by atoms with Crippen molar-refractivity contribution in [3.05, 3.63) is 42.2 Å². The maximum Gasteiger partial charge on any atom is 0.414 e. The fourth-order valence-corrected chi connectivity index (χ4v) is 2.34. The fraction of sp³-hybridized carbons (Fsp3) is 0.267. The lowest BCUT2D eigenvalue weighted by molar-refractivity contribution is 0.181. The topological polar surface area (TPSA) is 99.3 Å². The van der Waals surface area contributed by atoms with E-state index >= 15 is 0 Å². The average Bonchev–Trinajstić information content (AvgIpc) is 3.19. The molecular weight excluding hydrogens is 298 g/mol. The molecule has 0 radical (unpaired) electrons. The van der Waals surface area contributed by atoms with Crippen LogP contribution < -0.4 is 15.5 Å². The summed E-state index contributed by atoms with van der Waals surface area (Å²) < 4.78 is 4.91. The summed E-state index contributed by atoms with van der Waals surface area (Å²) in [4.78, 5) is 25.0. The van der Waals surface area contributed by atoms with Crippen LogP contribution in [0.3, 0.4) is 0 Å². The highest BCUT2D eigenvalue weighted by atomic mass is 16.6. The molecule has 0 aliphatic carbocycles. The summed E-state index contributed by atoms with van der Waals surface area (Å²) in [7, 11) is 0. The van der Waals surface area contributed by atoms with Gasteiger partial charge in [0.1, 0.15) is 6.61 Å². The standard InChI is InChI=1S/C15H17N5O3/c1-10(18-14(21)19-12-8-16-17-9-12)11-2-4-13(5-3-11)20-6-7-23-15(20)22/h2-5,8-10H,6-7H2,1H3,(H,16,17)(H2,18,19,21)/t10-/m0/s1. The normalized spacial score (nSPS) is 15.2. The number of carbonyl (C=O) groups is 2. The van der Waals surface area contributed by atoms with E-state index in [9.17, 15) is 9.59 Å². The average molecular weight is 315 g/mol. The lowest BCUT2D eigenvalue weighted by atomic mass is 10.1. The molecule has 3 N–H and O–H groups in total. The van der Waals surface area contributed by atoms with Gasteiger partial charge in [0.15, 0.2) is 0 Å². The molecule has 1 aromatic carbocycles. The first-order valence-corrected chi connectivity index (χ1v) is 7.24. The van der Waals surface area contributed by atoms with Gasteiger partial charge in [0.05, 0.1) is 24.5 Å². The minimum Gasteiger partial charge on any atom is -0.447 e. The molecule has 1 aliphatic heterocycles. The molecule has 1 fully saturated rings. The zero-order chi connectivity index (χ0) is 16.2. The van der Waals surface area contributed by atoms with Crippen LogP contribution in [-0.4, -0.2) is 35.5 Å².